The summed E-state index contributed by atoms with van der Waals surface area (Å²) >= 11 is 5.27. The number of hydrogen-bond acceptors (Lipinski definition) is 6. The molecule has 0 bridgehead atoms. The molecule has 1 aliphatic heterocycles. The normalized spacial score (nSPS) is 18.6. The third-order valence-corrected chi connectivity index (χ3v) is 5.80. The molecule has 0 amide bonds. The first-order chi connectivity index (χ1) is 10.7. The maximum Gasteiger partial charge on any atom is 0.222 e. The number of halogens is 1. The van der Waals surface area contributed by atoms with Crippen LogP contribution in [0.25, 0.3) is 20.3 Å². The second kappa shape index (κ2) is 5.33. The Balaban J connectivity index is 1.92. The molecule has 22 heavy (non-hydrogen) atoms. The van der Waals surface area contributed by atoms with E-state index in [1.807, 2.05) is 13.1 Å². The third kappa shape index (κ3) is 2.24. The van der Waals surface area contributed by atoms with E-state index in [0.717, 1.165) is 45.4 Å². The first-order valence-corrected chi connectivity index (χ1v) is 8.84. The van der Waals surface area contributed by atoms with Crippen molar-refractivity contribution < 1.29 is 0 Å². The molecular formula is C15H16BrN5S. The van der Waals surface area contributed by atoms with E-state index in [1.165, 1.54) is 4.70 Å². The van der Waals surface area contributed by atoms with Gasteiger partial charge in [-0.2, -0.15) is 4.98 Å². The van der Waals surface area contributed by atoms with Gasteiger partial charge < -0.3 is 16.0 Å². The molecule has 2 aromatic heterocycles. The zero-order valence-electron chi connectivity index (χ0n) is 12.1. The van der Waals surface area contributed by atoms with Crippen LogP contribution in [0.1, 0.15) is 6.42 Å². The lowest BCUT2D eigenvalue weighted by molar-refractivity contribution is 0.616. The summed E-state index contributed by atoms with van der Waals surface area (Å²) in [5.74, 6) is 1.32. The van der Waals surface area contributed by atoms with Crippen LogP contribution in [0.15, 0.2) is 22.7 Å². The number of nitrogens with one attached hydrogen (secondary N) is 1. The molecule has 3 heterocycles. The molecule has 114 valence electrons. The lowest BCUT2D eigenvalue weighted by atomic mass is 10.2. The van der Waals surface area contributed by atoms with Crippen LogP contribution in [-0.4, -0.2) is 36.1 Å². The van der Waals surface area contributed by atoms with Gasteiger partial charge in [0, 0.05) is 33.7 Å². The lowest BCUT2D eigenvalue weighted by Gasteiger charge is -2.18. The fourth-order valence-corrected chi connectivity index (χ4v) is 4.73. The van der Waals surface area contributed by atoms with Gasteiger partial charge >= 0.3 is 0 Å². The molecule has 0 spiro atoms. The minimum atomic E-state index is 0.345. The summed E-state index contributed by atoms with van der Waals surface area (Å²) in [5.41, 5.74) is 6.93. The Kier molecular flexibility index (Phi) is 3.43. The van der Waals surface area contributed by atoms with Crippen molar-refractivity contribution in [3.8, 4) is 0 Å². The summed E-state index contributed by atoms with van der Waals surface area (Å²) < 4.78 is 3.40. The second-order valence-electron chi connectivity index (χ2n) is 5.55. The summed E-state index contributed by atoms with van der Waals surface area (Å²) in [7, 11) is 2.01. The summed E-state index contributed by atoms with van der Waals surface area (Å²) in [6, 6.07) is 6.77. The Hall–Kier alpha value is -1.44. The van der Waals surface area contributed by atoms with Gasteiger partial charge in [0.1, 0.15) is 0 Å². The molecule has 3 aromatic rings. The highest BCUT2D eigenvalue weighted by atomic mass is 79.9. The third-order valence-electron chi connectivity index (χ3n) is 4.17. The molecule has 1 aromatic carbocycles. The van der Waals surface area contributed by atoms with Gasteiger partial charge in [0.15, 0.2) is 5.82 Å². The lowest BCUT2D eigenvalue weighted by Crippen LogP contribution is -2.30. The summed E-state index contributed by atoms with van der Waals surface area (Å²) in [6.07, 6.45) is 1.12. The smallest absolute Gasteiger partial charge is 0.222 e. The average Bonchev–Trinajstić information content (AvgIpc) is 3.10. The van der Waals surface area contributed by atoms with Crippen LogP contribution in [-0.2, 0) is 0 Å². The van der Waals surface area contributed by atoms with Crippen LogP contribution < -0.4 is 16.0 Å². The minimum absolute atomic E-state index is 0.345. The van der Waals surface area contributed by atoms with Crippen molar-refractivity contribution in [2.75, 3.05) is 30.8 Å². The zero-order valence-corrected chi connectivity index (χ0v) is 14.5. The van der Waals surface area contributed by atoms with E-state index in [2.05, 4.69) is 48.2 Å². The first-order valence-electron chi connectivity index (χ1n) is 7.23. The van der Waals surface area contributed by atoms with Crippen molar-refractivity contribution in [1.29, 1.82) is 0 Å². The quantitative estimate of drug-likeness (QED) is 0.718. The van der Waals surface area contributed by atoms with Crippen molar-refractivity contribution in [2.45, 2.75) is 12.5 Å². The van der Waals surface area contributed by atoms with E-state index in [9.17, 15) is 0 Å². The van der Waals surface area contributed by atoms with Crippen LogP contribution in [0, 0.1) is 0 Å². The van der Waals surface area contributed by atoms with Gasteiger partial charge in [-0.25, -0.2) is 4.98 Å². The van der Waals surface area contributed by atoms with Gasteiger partial charge in [0.05, 0.1) is 10.2 Å². The molecule has 0 radical (unpaired) electrons. The van der Waals surface area contributed by atoms with Crippen LogP contribution in [0.3, 0.4) is 0 Å². The van der Waals surface area contributed by atoms with Crippen LogP contribution in [0.2, 0.25) is 0 Å². The number of benzene rings is 1. The Morgan fingerprint density at radius 2 is 2.27 bits per heavy atom. The minimum Gasteiger partial charge on any atom is -0.368 e. The van der Waals surface area contributed by atoms with E-state index < -0.39 is 0 Å². The number of anilines is 2. The molecule has 1 aliphatic rings. The molecule has 4 rings (SSSR count). The molecule has 0 aliphatic carbocycles. The predicted octanol–water partition coefficient (Wildman–Crippen LogP) is 2.99. The Morgan fingerprint density at radius 3 is 3.05 bits per heavy atom. The molecule has 1 atom stereocenters. The van der Waals surface area contributed by atoms with E-state index in [1.54, 1.807) is 11.3 Å². The standard InChI is InChI=1S/C15H16BrN5S/c1-18-9-4-5-21(7-9)14-13-12(19-15(17)20-14)10-3-2-8(16)6-11(10)22-13/h2-3,6,9,18H,4-5,7H2,1H3,(H2,17,19,20)/t9-/m1/s1. The van der Waals surface area contributed by atoms with E-state index in [0.29, 0.717) is 12.0 Å². The predicted molar refractivity (Wildman–Crippen MR) is 96.7 cm³/mol. The first kappa shape index (κ1) is 14.2. The molecule has 3 N–H and O–H groups in total. The average molecular weight is 378 g/mol. The van der Waals surface area contributed by atoms with Crippen LogP contribution >= 0.6 is 27.3 Å². The van der Waals surface area contributed by atoms with Crippen molar-refractivity contribution in [1.82, 2.24) is 15.3 Å². The molecular weight excluding hydrogens is 362 g/mol. The monoisotopic (exact) mass is 377 g/mol. The molecule has 0 unspecified atom stereocenters. The molecule has 1 fully saturated rings. The summed E-state index contributed by atoms with van der Waals surface area (Å²) in [4.78, 5) is 11.3. The van der Waals surface area contributed by atoms with Crippen molar-refractivity contribution >= 4 is 59.3 Å². The molecule has 5 nitrogen and oxygen atoms in total. The summed E-state index contributed by atoms with van der Waals surface area (Å²) in [6.45, 7) is 1.95. The topological polar surface area (TPSA) is 67.1 Å². The van der Waals surface area contributed by atoms with Crippen LogP contribution in [0.4, 0.5) is 11.8 Å². The second-order valence-corrected chi connectivity index (χ2v) is 7.51. The van der Waals surface area contributed by atoms with Crippen molar-refractivity contribution in [3.63, 3.8) is 0 Å². The molecule has 0 saturated carbocycles. The Bertz CT molecular complexity index is 862. The van der Waals surface area contributed by atoms with Gasteiger partial charge in [-0.05, 0) is 25.6 Å². The van der Waals surface area contributed by atoms with Gasteiger partial charge in [-0.15, -0.1) is 11.3 Å². The number of fused-ring (bicyclic) bond motifs is 3. The van der Waals surface area contributed by atoms with E-state index in [4.69, 9.17) is 5.73 Å². The largest absolute Gasteiger partial charge is 0.368 e. The van der Waals surface area contributed by atoms with Gasteiger partial charge in [0.25, 0.3) is 0 Å². The van der Waals surface area contributed by atoms with E-state index >= 15 is 0 Å². The fraction of sp³-hybridized carbons (Fsp3) is 0.333. The summed E-state index contributed by atoms with van der Waals surface area (Å²) in [5, 5.41) is 4.48. The Morgan fingerprint density at radius 1 is 1.41 bits per heavy atom. The number of nitrogens with zero attached hydrogens (tertiary/aromatic N) is 3. The molecule has 7 heteroatoms. The van der Waals surface area contributed by atoms with E-state index in [-0.39, 0.29) is 0 Å². The highest BCUT2D eigenvalue weighted by molar-refractivity contribution is 9.10. The fourth-order valence-electron chi connectivity index (χ4n) is 3.02. The van der Waals surface area contributed by atoms with Gasteiger partial charge in [-0.3, -0.25) is 0 Å². The maximum atomic E-state index is 5.97. The Labute approximate surface area is 140 Å². The number of hydrogen-bond donors (Lipinski definition) is 2. The highest BCUT2D eigenvalue weighted by Gasteiger charge is 2.25. The van der Waals surface area contributed by atoms with Crippen molar-refractivity contribution in [2.24, 2.45) is 0 Å². The van der Waals surface area contributed by atoms with Crippen LogP contribution in [0.5, 0.6) is 0 Å². The highest BCUT2D eigenvalue weighted by Crippen LogP contribution is 2.39. The van der Waals surface area contributed by atoms with Gasteiger partial charge in [0.2, 0.25) is 5.95 Å². The maximum absolute atomic E-state index is 5.97. The molecule has 1 saturated heterocycles. The number of nitrogen functional groups attached to an aromatic ring is 1. The zero-order chi connectivity index (χ0) is 15.3. The van der Waals surface area contributed by atoms with Crippen molar-refractivity contribution in [3.05, 3.63) is 22.7 Å². The number of rotatable bonds is 2. The number of thiophene rings is 1. The SMILES string of the molecule is CN[C@@H]1CCN(c2nc(N)nc3c2sc2cc(Br)ccc23)C1. The number of likely N-dealkylation sites (N-methyl/N-ethyl adjacent to an activating group) is 1. The number of nitrogens with two attached hydrogens (primary N) is 1. The van der Waals surface area contributed by atoms with Gasteiger partial charge in [-0.1, -0.05) is 22.0 Å². The number of aromatic nitrogens is 2.